The van der Waals surface area contributed by atoms with Crippen LogP contribution >= 0.6 is 0 Å². The zero-order chi connectivity index (χ0) is 15.0. The van der Waals surface area contributed by atoms with E-state index >= 15 is 0 Å². The number of rotatable bonds is 2. The highest BCUT2D eigenvalue weighted by Gasteiger charge is 2.18. The molecule has 108 valence electrons. The summed E-state index contributed by atoms with van der Waals surface area (Å²) in [6.45, 7) is 1.93. The Bertz CT molecular complexity index is 775. The minimum absolute atomic E-state index is 0.170. The molecule has 0 fully saturated rings. The standard InChI is InChI=1S/C14H15N5O2/c1-8-15-11-7-9(3-5-12(11)19(8)2)16-14(21)10-4-6-13(20)18-17-10/h3,5,7H,4,6H2,1-2H3,(H,16,21)(H,18,20). The van der Waals surface area contributed by atoms with Crippen LogP contribution in [-0.4, -0.2) is 27.1 Å². The van der Waals surface area contributed by atoms with E-state index in [9.17, 15) is 9.59 Å². The highest BCUT2D eigenvalue weighted by molar-refractivity contribution is 6.43. The maximum absolute atomic E-state index is 12.1. The number of amides is 2. The van der Waals surface area contributed by atoms with E-state index in [2.05, 4.69) is 20.8 Å². The van der Waals surface area contributed by atoms with Gasteiger partial charge in [0.25, 0.3) is 5.91 Å². The molecule has 0 bridgehead atoms. The molecule has 1 aliphatic rings. The van der Waals surface area contributed by atoms with Crippen molar-refractivity contribution in [2.75, 3.05) is 5.32 Å². The quantitative estimate of drug-likeness (QED) is 0.865. The normalized spacial score (nSPS) is 14.8. The van der Waals surface area contributed by atoms with Gasteiger partial charge in [0.1, 0.15) is 11.5 Å². The lowest BCUT2D eigenvalue weighted by atomic mass is 10.1. The molecule has 7 heteroatoms. The van der Waals surface area contributed by atoms with Gasteiger partial charge in [0.05, 0.1) is 11.0 Å². The monoisotopic (exact) mass is 285 g/mol. The van der Waals surface area contributed by atoms with Gasteiger partial charge in [0, 0.05) is 25.6 Å². The first-order valence-corrected chi connectivity index (χ1v) is 6.64. The van der Waals surface area contributed by atoms with Crippen LogP contribution in [-0.2, 0) is 16.6 Å². The van der Waals surface area contributed by atoms with Gasteiger partial charge in [-0.2, -0.15) is 5.10 Å². The molecule has 0 spiro atoms. The van der Waals surface area contributed by atoms with Gasteiger partial charge < -0.3 is 9.88 Å². The van der Waals surface area contributed by atoms with Gasteiger partial charge in [-0.25, -0.2) is 10.4 Å². The summed E-state index contributed by atoms with van der Waals surface area (Å²) < 4.78 is 1.99. The average Bonchev–Trinajstić information content (AvgIpc) is 2.74. The Kier molecular flexibility index (Phi) is 3.17. The summed E-state index contributed by atoms with van der Waals surface area (Å²) in [4.78, 5) is 27.5. The minimum atomic E-state index is -0.304. The third-order valence-electron chi connectivity index (χ3n) is 3.53. The summed E-state index contributed by atoms with van der Waals surface area (Å²) in [6.07, 6.45) is 0.632. The maximum Gasteiger partial charge on any atom is 0.271 e. The second-order valence-electron chi connectivity index (χ2n) is 4.97. The van der Waals surface area contributed by atoms with Crippen molar-refractivity contribution in [3.05, 3.63) is 24.0 Å². The first kappa shape index (κ1) is 13.3. The number of anilines is 1. The van der Waals surface area contributed by atoms with Crippen molar-refractivity contribution in [1.29, 1.82) is 0 Å². The minimum Gasteiger partial charge on any atom is -0.331 e. The van der Waals surface area contributed by atoms with E-state index in [0.717, 1.165) is 16.9 Å². The molecule has 7 nitrogen and oxygen atoms in total. The molecule has 3 rings (SSSR count). The fourth-order valence-electron chi connectivity index (χ4n) is 2.24. The van der Waals surface area contributed by atoms with Crippen LogP contribution in [0.15, 0.2) is 23.3 Å². The number of benzene rings is 1. The van der Waals surface area contributed by atoms with Gasteiger partial charge in [-0.15, -0.1) is 0 Å². The average molecular weight is 285 g/mol. The van der Waals surface area contributed by atoms with Gasteiger partial charge >= 0.3 is 0 Å². The van der Waals surface area contributed by atoms with E-state index in [1.54, 1.807) is 0 Å². The topological polar surface area (TPSA) is 88.4 Å². The van der Waals surface area contributed by atoms with Crippen LogP contribution in [0.2, 0.25) is 0 Å². The van der Waals surface area contributed by atoms with Crippen molar-refractivity contribution in [2.24, 2.45) is 12.1 Å². The molecule has 0 saturated carbocycles. The van der Waals surface area contributed by atoms with Crippen LogP contribution in [0.4, 0.5) is 5.69 Å². The zero-order valence-electron chi connectivity index (χ0n) is 11.8. The summed E-state index contributed by atoms with van der Waals surface area (Å²) >= 11 is 0. The van der Waals surface area contributed by atoms with Crippen molar-refractivity contribution in [3.63, 3.8) is 0 Å². The molecule has 1 aromatic carbocycles. The van der Waals surface area contributed by atoms with Gasteiger partial charge in [-0.05, 0) is 25.1 Å². The number of hydrogen-bond donors (Lipinski definition) is 2. The second-order valence-corrected chi connectivity index (χ2v) is 4.97. The predicted molar refractivity (Wildman–Crippen MR) is 78.9 cm³/mol. The Labute approximate surface area is 121 Å². The lowest BCUT2D eigenvalue weighted by Gasteiger charge is -2.12. The first-order chi connectivity index (χ1) is 10.0. The van der Waals surface area contributed by atoms with Gasteiger partial charge in [-0.1, -0.05) is 0 Å². The Morgan fingerprint density at radius 3 is 2.90 bits per heavy atom. The summed E-state index contributed by atoms with van der Waals surface area (Å²) in [5.41, 5.74) is 5.13. The van der Waals surface area contributed by atoms with Crippen LogP contribution in [0.25, 0.3) is 11.0 Å². The highest BCUT2D eigenvalue weighted by atomic mass is 16.2. The van der Waals surface area contributed by atoms with Gasteiger partial charge in [0.15, 0.2) is 0 Å². The number of carbonyl (C=O) groups excluding carboxylic acids is 2. The summed E-state index contributed by atoms with van der Waals surface area (Å²) in [7, 11) is 1.95. The molecule has 0 unspecified atom stereocenters. The van der Waals surface area contributed by atoms with Crippen LogP contribution in [0, 0.1) is 6.92 Å². The van der Waals surface area contributed by atoms with E-state index in [1.807, 2.05) is 36.7 Å². The van der Waals surface area contributed by atoms with E-state index in [0.29, 0.717) is 17.8 Å². The van der Waals surface area contributed by atoms with Crippen LogP contribution in [0.1, 0.15) is 18.7 Å². The van der Waals surface area contributed by atoms with E-state index in [1.165, 1.54) is 0 Å². The fourth-order valence-corrected chi connectivity index (χ4v) is 2.24. The first-order valence-electron chi connectivity index (χ1n) is 6.64. The molecule has 1 aliphatic heterocycles. The van der Waals surface area contributed by atoms with Crippen molar-refractivity contribution in [2.45, 2.75) is 19.8 Å². The Hall–Kier alpha value is -2.70. The van der Waals surface area contributed by atoms with Crippen LogP contribution in [0.3, 0.4) is 0 Å². The molecular formula is C14H15N5O2. The fraction of sp³-hybridized carbons (Fsp3) is 0.286. The number of nitrogens with zero attached hydrogens (tertiary/aromatic N) is 3. The third kappa shape index (κ3) is 2.49. The molecule has 0 radical (unpaired) electrons. The number of carbonyl (C=O) groups is 2. The number of imidazole rings is 1. The Balaban J connectivity index is 1.81. The van der Waals surface area contributed by atoms with Gasteiger partial charge in [-0.3, -0.25) is 9.59 Å². The SMILES string of the molecule is Cc1nc2cc(NC(=O)C3=NNC(=O)CC3)ccc2n1C. The van der Waals surface area contributed by atoms with Crippen molar-refractivity contribution < 1.29 is 9.59 Å². The molecule has 0 aliphatic carbocycles. The zero-order valence-corrected chi connectivity index (χ0v) is 11.8. The number of hydrogen-bond acceptors (Lipinski definition) is 4. The molecule has 0 saturated heterocycles. The number of hydrazone groups is 1. The van der Waals surface area contributed by atoms with E-state index < -0.39 is 0 Å². The van der Waals surface area contributed by atoms with Crippen LogP contribution < -0.4 is 10.7 Å². The van der Waals surface area contributed by atoms with Crippen molar-refractivity contribution in [1.82, 2.24) is 15.0 Å². The maximum atomic E-state index is 12.1. The molecule has 2 amide bonds. The predicted octanol–water partition coefficient (Wildman–Crippen LogP) is 1.09. The molecule has 21 heavy (non-hydrogen) atoms. The molecular weight excluding hydrogens is 270 g/mol. The molecule has 2 aromatic rings. The molecule has 0 atom stereocenters. The van der Waals surface area contributed by atoms with E-state index in [4.69, 9.17) is 0 Å². The lowest BCUT2D eigenvalue weighted by molar-refractivity contribution is -0.121. The smallest absolute Gasteiger partial charge is 0.271 e. The number of fused-ring (bicyclic) bond motifs is 1. The lowest BCUT2D eigenvalue weighted by Crippen LogP contribution is -2.32. The Morgan fingerprint density at radius 1 is 1.38 bits per heavy atom. The summed E-state index contributed by atoms with van der Waals surface area (Å²) in [5.74, 6) is 0.437. The van der Waals surface area contributed by atoms with Crippen molar-refractivity contribution in [3.8, 4) is 0 Å². The third-order valence-corrected chi connectivity index (χ3v) is 3.53. The highest BCUT2D eigenvalue weighted by Crippen LogP contribution is 2.19. The Morgan fingerprint density at radius 2 is 2.19 bits per heavy atom. The largest absolute Gasteiger partial charge is 0.331 e. The summed E-state index contributed by atoms with van der Waals surface area (Å²) in [5, 5.41) is 6.55. The van der Waals surface area contributed by atoms with Crippen molar-refractivity contribution >= 4 is 34.2 Å². The molecule has 2 N–H and O–H groups in total. The number of aromatic nitrogens is 2. The van der Waals surface area contributed by atoms with Crippen LogP contribution in [0.5, 0.6) is 0 Å². The van der Waals surface area contributed by atoms with E-state index in [-0.39, 0.29) is 18.2 Å². The number of aryl methyl sites for hydroxylation is 2. The number of nitrogens with one attached hydrogen (secondary N) is 2. The summed E-state index contributed by atoms with van der Waals surface area (Å²) in [6, 6.07) is 5.56. The van der Waals surface area contributed by atoms with Gasteiger partial charge in [0.2, 0.25) is 5.91 Å². The molecule has 1 aromatic heterocycles. The molecule has 2 heterocycles. The second kappa shape index (κ2) is 5.01.